The second kappa shape index (κ2) is 4.66. The monoisotopic (exact) mass is 240 g/mol. The zero-order valence-corrected chi connectivity index (χ0v) is 8.89. The molecule has 2 rings (SSSR count). The van der Waals surface area contributed by atoms with Crippen LogP contribution in [0.3, 0.4) is 0 Å². The fourth-order valence-corrected chi connectivity index (χ4v) is 1.48. The number of hydrogen-bond donors (Lipinski definition) is 2. The fourth-order valence-electron chi connectivity index (χ4n) is 1.05. The minimum Gasteiger partial charge on any atom is -0.480 e. The molecule has 0 spiro atoms. The number of rotatable bonds is 5. The molecule has 2 aromatic heterocycles. The van der Waals surface area contributed by atoms with Gasteiger partial charge in [0.1, 0.15) is 18.6 Å². The van der Waals surface area contributed by atoms with Gasteiger partial charge in [-0.15, -0.1) is 5.10 Å². The lowest BCUT2D eigenvalue weighted by Gasteiger charge is -1.96. The van der Waals surface area contributed by atoms with Crippen LogP contribution in [0.1, 0.15) is 5.69 Å². The molecular formula is C7H8N6O2S. The van der Waals surface area contributed by atoms with Crippen LogP contribution in [0, 0.1) is 0 Å². The summed E-state index contributed by atoms with van der Waals surface area (Å²) in [6, 6.07) is 0. The Morgan fingerprint density at radius 3 is 3.19 bits per heavy atom. The smallest absolute Gasteiger partial charge is 0.325 e. The quantitative estimate of drug-likeness (QED) is 0.747. The average Bonchev–Trinajstić information content (AvgIpc) is 2.84. The molecule has 2 heterocycles. The van der Waals surface area contributed by atoms with Crippen LogP contribution >= 0.6 is 11.5 Å². The van der Waals surface area contributed by atoms with Crippen molar-refractivity contribution >= 4 is 22.6 Å². The molecule has 8 nitrogen and oxygen atoms in total. The molecule has 0 aliphatic heterocycles. The van der Waals surface area contributed by atoms with Crippen molar-refractivity contribution in [3.05, 3.63) is 18.2 Å². The molecule has 2 aromatic rings. The van der Waals surface area contributed by atoms with E-state index in [2.05, 4.69) is 25.0 Å². The Morgan fingerprint density at radius 2 is 2.50 bits per heavy atom. The summed E-state index contributed by atoms with van der Waals surface area (Å²) in [5.41, 5.74) is 0.649. The summed E-state index contributed by atoms with van der Waals surface area (Å²) in [7, 11) is 0. The standard InChI is InChI=1S/C7H8N6O2S/c14-6(15)3-13-2-5(11-12-13)1-8-7-9-4-10-16-7/h2,4H,1,3H2,(H,14,15)(H,8,9,10). The molecule has 0 fully saturated rings. The number of carbonyl (C=O) groups is 1. The number of anilines is 1. The van der Waals surface area contributed by atoms with Crippen molar-refractivity contribution < 1.29 is 9.90 Å². The van der Waals surface area contributed by atoms with Gasteiger partial charge in [0.2, 0.25) is 5.13 Å². The number of hydrogen-bond acceptors (Lipinski definition) is 7. The molecule has 0 saturated heterocycles. The van der Waals surface area contributed by atoms with Crippen molar-refractivity contribution in [3.63, 3.8) is 0 Å². The van der Waals surface area contributed by atoms with E-state index in [0.29, 0.717) is 17.4 Å². The maximum Gasteiger partial charge on any atom is 0.325 e. The Balaban J connectivity index is 1.90. The Bertz CT molecular complexity index is 467. The molecule has 0 unspecified atom stereocenters. The molecule has 0 atom stereocenters. The van der Waals surface area contributed by atoms with Crippen molar-refractivity contribution in [1.82, 2.24) is 24.4 Å². The molecule has 9 heteroatoms. The van der Waals surface area contributed by atoms with E-state index in [0.717, 1.165) is 0 Å². The van der Waals surface area contributed by atoms with E-state index in [-0.39, 0.29) is 6.54 Å². The molecule has 16 heavy (non-hydrogen) atoms. The van der Waals surface area contributed by atoms with Gasteiger partial charge < -0.3 is 10.4 Å². The molecule has 2 N–H and O–H groups in total. The molecule has 0 saturated carbocycles. The van der Waals surface area contributed by atoms with Crippen LogP contribution < -0.4 is 5.32 Å². The largest absolute Gasteiger partial charge is 0.480 e. The highest BCUT2D eigenvalue weighted by Crippen LogP contribution is 2.07. The Hall–Kier alpha value is -2.03. The summed E-state index contributed by atoms with van der Waals surface area (Å²) in [5.74, 6) is -0.950. The summed E-state index contributed by atoms with van der Waals surface area (Å²) < 4.78 is 5.09. The van der Waals surface area contributed by atoms with Gasteiger partial charge in [-0.05, 0) is 0 Å². The highest BCUT2D eigenvalue weighted by Gasteiger charge is 2.04. The Kier molecular flexibility index (Phi) is 3.05. The van der Waals surface area contributed by atoms with Gasteiger partial charge in [0.25, 0.3) is 0 Å². The van der Waals surface area contributed by atoms with Crippen molar-refractivity contribution in [3.8, 4) is 0 Å². The van der Waals surface area contributed by atoms with E-state index in [1.165, 1.54) is 22.5 Å². The van der Waals surface area contributed by atoms with Crippen LogP contribution in [0.15, 0.2) is 12.5 Å². The SMILES string of the molecule is O=C(O)Cn1cc(CNc2ncns2)nn1. The maximum absolute atomic E-state index is 10.4. The van der Waals surface area contributed by atoms with Crippen LogP contribution in [0.2, 0.25) is 0 Å². The molecule has 0 aliphatic rings. The van der Waals surface area contributed by atoms with Gasteiger partial charge in [0.05, 0.1) is 12.7 Å². The lowest BCUT2D eigenvalue weighted by molar-refractivity contribution is -0.137. The molecule has 84 valence electrons. The van der Waals surface area contributed by atoms with Crippen molar-refractivity contribution in [2.24, 2.45) is 0 Å². The van der Waals surface area contributed by atoms with Gasteiger partial charge in [-0.2, -0.15) is 4.37 Å². The number of carboxylic acid groups (broad SMARTS) is 1. The minimum atomic E-state index is -0.950. The van der Waals surface area contributed by atoms with Gasteiger partial charge in [-0.25, -0.2) is 9.67 Å². The first-order valence-electron chi connectivity index (χ1n) is 4.35. The van der Waals surface area contributed by atoms with E-state index >= 15 is 0 Å². The Labute approximate surface area is 94.1 Å². The van der Waals surface area contributed by atoms with Crippen LogP contribution in [0.25, 0.3) is 0 Å². The van der Waals surface area contributed by atoms with E-state index in [4.69, 9.17) is 5.11 Å². The molecule has 0 aliphatic carbocycles. The third-order valence-electron chi connectivity index (χ3n) is 1.67. The van der Waals surface area contributed by atoms with Crippen molar-refractivity contribution in [1.29, 1.82) is 0 Å². The number of carboxylic acids is 1. The summed E-state index contributed by atoms with van der Waals surface area (Å²) in [5, 5.41) is 19.7. The summed E-state index contributed by atoms with van der Waals surface area (Å²) in [6.07, 6.45) is 3.02. The van der Waals surface area contributed by atoms with Crippen LogP contribution in [-0.2, 0) is 17.9 Å². The molecule has 0 bridgehead atoms. The normalized spacial score (nSPS) is 10.2. The molecule has 0 amide bonds. The van der Waals surface area contributed by atoms with Crippen LogP contribution in [0.4, 0.5) is 5.13 Å². The van der Waals surface area contributed by atoms with Gasteiger partial charge >= 0.3 is 5.97 Å². The van der Waals surface area contributed by atoms with Crippen LogP contribution in [-0.4, -0.2) is 35.4 Å². The summed E-state index contributed by atoms with van der Waals surface area (Å²) >= 11 is 1.24. The lowest BCUT2D eigenvalue weighted by Crippen LogP contribution is -2.09. The third kappa shape index (κ3) is 2.73. The third-order valence-corrected chi connectivity index (χ3v) is 2.29. The van der Waals surface area contributed by atoms with Crippen molar-refractivity contribution in [2.45, 2.75) is 13.1 Å². The first kappa shape index (κ1) is 10.5. The summed E-state index contributed by atoms with van der Waals surface area (Å²) in [6.45, 7) is 0.251. The average molecular weight is 240 g/mol. The summed E-state index contributed by atoms with van der Waals surface area (Å²) in [4.78, 5) is 14.3. The first-order chi connectivity index (χ1) is 7.74. The number of nitrogens with one attached hydrogen (secondary N) is 1. The zero-order chi connectivity index (χ0) is 11.4. The Morgan fingerprint density at radius 1 is 1.62 bits per heavy atom. The van der Waals surface area contributed by atoms with Crippen molar-refractivity contribution in [2.75, 3.05) is 5.32 Å². The number of aliphatic carboxylic acids is 1. The van der Waals surface area contributed by atoms with Gasteiger partial charge in [0, 0.05) is 11.5 Å². The predicted molar refractivity (Wildman–Crippen MR) is 54.9 cm³/mol. The molecular weight excluding hydrogens is 232 g/mol. The topological polar surface area (TPSA) is 106 Å². The van der Waals surface area contributed by atoms with E-state index in [1.54, 1.807) is 6.20 Å². The lowest BCUT2D eigenvalue weighted by atomic mass is 10.5. The number of nitrogens with zero attached hydrogens (tertiary/aromatic N) is 5. The second-order valence-electron chi connectivity index (χ2n) is 2.90. The van der Waals surface area contributed by atoms with E-state index in [1.807, 2.05) is 0 Å². The van der Waals surface area contributed by atoms with Gasteiger partial charge in [-0.3, -0.25) is 4.79 Å². The minimum absolute atomic E-state index is 0.189. The van der Waals surface area contributed by atoms with E-state index < -0.39 is 5.97 Å². The molecule has 0 radical (unpaired) electrons. The number of aromatic nitrogens is 5. The molecule has 0 aromatic carbocycles. The second-order valence-corrected chi connectivity index (χ2v) is 3.68. The fraction of sp³-hybridized carbons (Fsp3) is 0.286. The highest BCUT2D eigenvalue weighted by molar-refractivity contribution is 7.09. The maximum atomic E-state index is 10.4. The van der Waals surface area contributed by atoms with E-state index in [9.17, 15) is 4.79 Å². The van der Waals surface area contributed by atoms with Gasteiger partial charge in [0.15, 0.2) is 0 Å². The first-order valence-corrected chi connectivity index (χ1v) is 5.13. The van der Waals surface area contributed by atoms with Crippen LogP contribution in [0.5, 0.6) is 0 Å². The van der Waals surface area contributed by atoms with Gasteiger partial charge in [-0.1, -0.05) is 5.21 Å². The predicted octanol–water partition coefficient (Wildman–Crippen LogP) is -0.174. The highest BCUT2D eigenvalue weighted by atomic mass is 32.1. The zero-order valence-electron chi connectivity index (χ0n) is 8.07.